The monoisotopic (exact) mass is 260 g/mol. The highest BCUT2D eigenvalue weighted by Gasteiger charge is 2.31. The molecule has 0 aromatic heterocycles. The van der Waals surface area contributed by atoms with Crippen molar-refractivity contribution in [3.05, 3.63) is 0 Å². The molecular weight excluding hydrogens is 240 g/mol. The van der Waals surface area contributed by atoms with Crippen LogP contribution in [0.25, 0.3) is 0 Å². The summed E-state index contributed by atoms with van der Waals surface area (Å²) in [6.45, 7) is 1.89. The summed E-state index contributed by atoms with van der Waals surface area (Å²) in [7, 11) is -0.850. The average molecular weight is 260 g/mol. The summed E-state index contributed by atoms with van der Waals surface area (Å²) >= 11 is 0. The van der Waals surface area contributed by atoms with Crippen molar-refractivity contribution in [2.75, 3.05) is 31.6 Å². The van der Waals surface area contributed by atoms with Crippen molar-refractivity contribution < 1.29 is 13.2 Å². The van der Waals surface area contributed by atoms with Crippen LogP contribution in [0.15, 0.2) is 0 Å². The summed E-state index contributed by atoms with van der Waals surface area (Å²) in [4.78, 5) is 14.2. The molecule has 2 heterocycles. The van der Waals surface area contributed by atoms with Crippen LogP contribution in [0.2, 0.25) is 0 Å². The largest absolute Gasteiger partial charge is 0.352 e. The SMILES string of the molecule is CN1CCC(C(=O)NC2CCS(=O)(=O)C2)CC1. The van der Waals surface area contributed by atoms with Gasteiger partial charge in [0.2, 0.25) is 5.91 Å². The second-order valence-electron chi connectivity index (χ2n) is 5.19. The number of carbonyl (C=O) groups excluding carboxylic acids is 1. The molecule has 2 aliphatic rings. The van der Waals surface area contributed by atoms with Gasteiger partial charge in [-0.05, 0) is 39.4 Å². The van der Waals surface area contributed by atoms with Crippen LogP contribution in [0.1, 0.15) is 19.3 Å². The van der Waals surface area contributed by atoms with Crippen LogP contribution in [-0.4, -0.2) is 56.9 Å². The second kappa shape index (κ2) is 4.94. The highest BCUT2D eigenvalue weighted by atomic mass is 32.2. The van der Waals surface area contributed by atoms with Gasteiger partial charge in [-0.3, -0.25) is 4.79 Å². The Morgan fingerprint density at radius 2 is 1.88 bits per heavy atom. The first-order valence-corrected chi connectivity index (χ1v) is 7.98. The molecule has 1 unspecified atom stereocenters. The smallest absolute Gasteiger partial charge is 0.223 e. The summed E-state index contributed by atoms with van der Waals surface area (Å²) in [5.41, 5.74) is 0. The van der Waals surface area contributed by atoms with Gasteiger partial charge in [-0.25, -0.2) is 8.42 Å². The Kier molecular flexibility index (Phi) is 3.73. The molecule has 2 aliphatic heterocycles. The predicted molar refractivity (Wildman–Crippen MR) is 65.4 cm³/mol. The standard InChI is InChI=1S/C11H20N2O3S/c1-13-5-2-9(3-6-13)11(14)12-10-4-7-17(15,16)8-10/h9-10H,2-8H2,1H3,(H,12,14). The molecule has 0 aromatic carbocycles. The van der Waals surface area contributed by atoms with E-state index in [-0.39, 0.29) is 29.4 Å². The highest BCUT2D eigenvalue weighted by molar-refractivity contribution is 7.91. The number of hydrogen-bond acceptors (Lipinski definition) is 4. The first kappa shape index (κ1) is 12.8. The van der Waals surface area contributed by atoms with E-state index in [1.54, 1.807) is 0 Å². The molecule has 0 bridgehead atoms. The van der Waals surface area contributed by atoms with Crippen LogP contribution in [0.4, 0.5) is 0 Å². The molecule has 1 amide bonds. The number of piperidine rings is 1. The minimum Gasteiger partial charge on any atom is -0.352 e. The third kappa shape index (κ3) is 3.42. The van der Waals surface area contributed by atoms with E-state index in [0.29, 0.717) is 6.42 Å². The van der Waals surface area contributed by atoms with Crippen molar-refractivity contribution in [2.24, 2.45) is 5.92 Å². The van der Waals surface area contributed by atoms with Crippen LogP contribution >= 0.6 is 0 Å². The van der Waals surface area contributed by atoms with E-state index in [1.165, 1.54) is 0 Å². The number of carbonyl (C=O) groups is 1. The lowest BCUT2D eigenvalue weighted by Crippen LogP contribution is -2.43. The molecule has 0 saturated carbocycles. The quantitative estimate of drug-likeness (QED) is 0.736. The van der Waals surface area contributed by atoms with E-state index in [0.717, 1.165) is 25.9 Å². The van der Waals surface area contributed by atoms with Gasteiger partial charge < -0.3 is 10.2 Å². The van der Waals surface area contributed by atoms with Crippen molar-refractivity contribution in [3.8, 4) is 0 Å². The fourth-order valence-corrected chi connectivity index (χ4v) is 4.17. The van der Waals surface area contributed by atoms with E-state index in [4.69, 9.17) is 0 Å². The molecule has 1 N–H and O–H groups in total. The van der Waals surface area contributed by atoms with Gasteiger partial charge in [0.25, 0.3) is 0 Å². The Morgan fingerprint density at radius 3 is 2.41 bits per heavy atom. The number of nitrogens with zero attached hydrogens (tertiary/aromatic N) is 1. The number of hydrogen-bond donors (Lipinski definition) is 1. The van der Waals surface area contributed by atoms with Gasteiger partial charge in [0.1, 0.15) is 0 Å². The molecule has 2 saturated heterocycles. The van der Waals surface area contributed by atoms with Crippen LogP contribution < -0.4 is 5.32 Å². The summed E-state index contributed by atoms with van der Waals surface area (Å²) in [6.07, 6.45) is 2.32. The minimum absolute atomic E-state index is 0.0419. The van der Waals surface area contributed by atoms with Crippen LogP contribution in [0.5, 0.6) is 0 Å². The maximum Gasteiger partial charge on any atom is 0.223 e. The molecule has 17 heavy (non-hydrogen) atoms. The summed E-state index contributed by atoms with van der Waals surface area (Å²) in [5.74, 6) is 0.436. The van der Waals surface area contributed by atoms with E-state index in [9.17, 15) is 13.2 Å². The molecule has 0 aliphatic carbocycles. The molecule has 1 atom stereocenters. The molecular formula is C11H20N2O3S. The maximum absolute atomic E-state index is 11.9. The molecule has 0 radical (unpaired) electrons. The van der Waals surface area contributed by atoms with Gasteiger partial charge >= 0.3 is 0 Å². The number of amides is 1. The van der Waals surface area contributed by atoms with E-state index in [2.05, 4.69) is 17.3 Å². The first-order valence-electron chi connectivity index (χ1n) is 6.15. The number of sulfone groups is 1. The van der Waals surface area contributed by atoms with Crippen LogP contribution in [-0.2, 0) is 14.6 Å². The number of likely N-dealkylation sites (tertiary alicyclic amines) is 1. The number of rotatable bonds is 2. The van der Waals surface area contributed by atoms with Gasteiger partial charge in [-0.2, -0.15) is 0 Å². The van der Waals surface area contributed by atoms with E-state index >= 15 is 0 Å². The Balaban J connectivity index is 1.82. The van der Waals surface area contributed by atoms with Crippen LogP contribution in [0, 0.1) is 5.92 Å². The maximum atomic E-state index is 11.9. The fourth-order valence-electron chi connectivity index (χ4n) is 2.50. The zero-order valence-electron chi connectivity index (χ0n) is 10.2. The van der Waals surface area contributed by atoms with Crippen molar-refractivity contribution in [3.63, 3.8) is 0 Å². The lowest BCUT2D eigenvalue weighted by molar-refractivity contribution is -0.126. The zero-order chi connectivity index (χ0) is 12.5. The summed E-state index contributed by atoms with van der Waals surface area (Å²) < 4.78 is 22.6. The van der Waals surface area contributed by atoms with Gasteiger partial charge in [-0.1, -0.05) is 0 Å². The second-order valence-corrected chi connectivity index (χ2v) is 7.41. The predicted octanol–water partition coefficient (Wildman–Crippen LogP) is -0.368. The molecule has 2 rings (SSSR count). The molecule has 6 heteroatoms. The summed E-state index contributed by atoms with van der Waals surface area (Å²) in [6, 6.07) is -0.160. The van der Waals surface area contributed by atoms with Crippen molar-refractivity contribution in [2.45, 2.75) is 25.3 Å². The Bertz CT molecular complexity index is 386. The fraction of sp³-hybridized carbons (Fsp3) is 0.909. The Morgan fingerprint density at radius 1 is 1.24 bits per heavy atom. The van der Waals surface area contributed by atoms with Crippen molar-refractivity contribution in [1.82, 2.24) is 10.2 Å². The zero-order valence-corrected chi connectivity index (χ0v) is 11.0. The molecule has 0 aromatic rings. The normalized spacial score (nSPS) is 30.3. The highest BCUT2D eigenvalue weighted by Crippen LogP contribution is 2.18. The molecule has 2 fully saturated rings. The Hall–Kier alpha value is -0.620. The minimum atomic E-state index is -2.90. The van der Waals surface area contributed by atoms with Crippen LogP contribution in [0.3, 0.4) is 0 Å². The lowest BCUT2D eigenvalue weighted by Gasteiger charge is -2.28. The topological polar surface area (TPSA) is 66.5 Å². The first-order chi connectivity index (χ1) is 7.96. The number of nitrogens with one attached hydrogen (secondary N) is 1. The Labute approximate surface area is 102 Å². The van der Waals surface area contributed by atoms with Gasteiger partial charge in [0, 0.05) is 12.0 Å². The molecule has 98 valence electrons. The molecule has 5 nitrogen and oxygen atoms in total. The van der Waals surface area contributed by atoms with Crippen molar-refractivity contribution in [1.29, 1.82) is 0 Å². The van der Waals surface area contributed by atoms with Gasteiger partial charge in [-0.15, -0.1) is 0 Å². The summed E-state index contributed by atoms with van der Waals surface area (Å²) in [5, 5.41) is 2.88. The van der Waals surface area contributed by atoms with Gasteiger partial charge in [0.15, 0.2) is 9.84 Å². The van der Waals surface area contributed by atoms with Gasteiger partial charge in [0.05, 0.1) is 11.5 Å². The van der Waals surface area contributed by atoms with E-state index < -0.39 is 9.84 Å². The third-order valence-electron chi connectivity index (χ3n) is 3.67. The third-order valence-corrected chi connectivity index (χ3v) is 5.44. The lowest BCUT2D eigenvalue weighted by atomic mass is 9.96. The van der Waals surface area contributed by atoms with E-state index in [1.807, 2.05) is 0 Å². The molecule has 0 spiro atoms. The average Bonchev–Trinajstić information content (AvgIpc) is 2.59. The van der Waals surface area contributed by atoms with Crippen molar-refractivity contribution >= 4 is 15.7 Å².